The van der Waals surface area contributed by atoms with Crippen molar-refractivity contribution in [2.75, 3.05) is 0 Å². The highest BCUT2D eigenvalue weighted by Gasteiger charge is 2.14. The molecule has 0 aliphatic heterocycles. The van der Waals surface area contributed by atoms with Gasteiger partial charge in [-0.2, -0.15) is 0 Å². The number of fused-ring (bicyclic) bond motifs is 1. The maximum Gasteiger partial charge on any atom is 0.114 e. The molecule has 6 heteroatoms. The lowest BCUT2D eigenvalue weighted by Crippen LogP contribution is -2.08. The lowest BCUT2D eigenvalue weighted by atomic mass is 10.0. The molecule has 4 aromatic rings. The number of benzene rings is 1. The predicted molar refractivity (Wildman–Crippen MR) is 93.8 cm³/mol. The summed E-state index contributed by atoms with van der Waals surface area (Å²) < 4.78 is 1.85. The number of hydrogen-bond acceptors (Lipinski definition) is 4. The summed E-state index contributed by atoms with van der Waals surface area (Å²) in [6.07, 6.45) is 8.92. The van der Waals surface area contributed by atoms with E-state index in [1.54, 1.807) is 12.4 Å². The lowest BCUT2D eigenvalue weighted by molar-refractivity contribution is 0.546. The summed E-state index contributed by atoms with van der Waals surface area (Å²) in [5, 5.41) is 11.4. The first kappa shape index (κ1) is 14.8. The van der Waals surface area contributed by atoms with Gasteiger partial charge >= 0.3 is 0 Å². The van der Waals surface area contributed by atoms with Gasteiger partial charge in [-0.3, -0.25) is 9.97 Å². The van der Waals surface area contributed by atoms with Crippen LogP contribution in [-0.4, -0.2) is 25.0 Å². The topological polar surface area (TPSA) is 56.5 Å². The van der Waals surface area contributed by atoms with E-state index in [-0.39, 0.29) is 6.04 Å². The number of rotatable bonds is 3. The van der Waals surface area contributed by atoms with Crippen molar-refractivity contribution >= 4 is 22.4 Å². The molecule has 24 heavy (non-hydrogen) atoms. The van der Waals surface area contributed by atoms with Crippen LogP contribution in [0.5, 0.6) is 0 Å². The van der Waals surface area contributed by atoms with Gasteiger partial charge in [0.2, 0.25) is 0 Å². The van der Waals surface area contributed by atoms with E-state index in [1.807, 2.05) is 41.5 Å². The average Bonchev–Trinajstić information content (AvgIpc) is 3.11. The maximum atomic E-state index is 6.00. The minimum Gasteiger partial charge on any atom is -0.264 e. The molecule has 0 aliphatic rings. The first-order valence-corrected chi connectivity index (χ1v) is 7.95. The minimum atomic E-state index is 0.0458. The molecule has 0 N–H and O–H groups in total. The van der Waals surface area contributed by atoms with E-state index in [0.717, 1.165) is 16.6 Å². The molecule has 0 saturated heterocycles. The molecule has 0 radical (unpaired) electrons. The van der Waals surface area contributed by atoms with Crippen LogP contribution in [0.25, 0.3) is 22.0 Å². The van der Waals surface area contributed by atoms with Crippen molar-refractivity contribution in [1.82, 2.24) is 25.0 Å². The molecule has 0 bridgehead atoms. The quantitative estimate of drug-likeness (QED) is 0.564. The van der Waals surface area contributed by atoms with Gasteiger partial charge in [-0.05, 0) is 30.0 Å². The van der Waals surface area contributed by atoms with Crippen LogP contribution < -0.4 is 0 Å². The van der Waals surface area contributed by atoms with E-state index < -0.39 is 0 Å². The van der Waals surface area contributed by atoms with Crippen LogP contribution in [0.1, 0.15) is 18.5 Å². The van der Waals surface area contributed by atoms with Crippen molar-refractivity contribution in [3.63, 3.8) is 0 Å². The molecule has 118 valence electrons. The van der Waals surface area contributed by atoms with E-state index in [2.05, 4.69) is 39.3 Å². The molecular formula is C18H14ClN5. The molecule has 0 fully saturated rings. The zero-order chi connectivity index (χ0) is 16.5. The number of hydrogen-bond donors (Lipinski definition) is 0. The van der Waals surface area contributed by atoms with E-state index in [9.17, 15) is 0 Å². The molecule has 5 nitrogen and oxygen atoms in total. The van der Waals surface area contributed by atoms with Gasteiger partial charge in [0.25, 0.3) is 0 Å². The zero-order valence-corrected chi connectivity index (χ0v) is 13.7. The largest absolute Gasteiger partial charge is 0.264 e. The molecule has 4 rings (SSSR count). The van der Waals surface area contributed by atoms with Crippen LogP contribution in [0.2, 0.25) is 5.02 Å². The second-order valence-electron chi connectivity index (χ2n) is 5.60. The van der Waals surface area contributed by atoms with Crippen molar-refractivity contribution in [1.29, 1.82) is 0 Å². The summed E-state index contributed by atoms with van der Waals surface area (Å²) >= 11 is 6.00. The van der Waals surface area contributed by atoms with Crippen LogP contribution >= 0.6 is 11.6 Å². The van der Waals surface area contributed by atoms with Crippen molar-refractivity contribution < 1.29 is 0 Å². The van der Waals surface area contributed by atoms with Gasteiger partial charge in [-0.25, -0.2) is 4.68 Å². The van der Waals surface area contributed by atoms with E-state index in [0.29, 0.717) is 5.02 Å². The fourth-order valence-corrected chi connectivity index (χ4v) is 2.98. The molecule has 0 unspecified atom stereocenters. The Kier molecular flexibility index (Phi) is 3.70. The molecule has 1 aromatic carbocycles. The normalized spacial score (nSPS) is 12.4. The highest BCUT2D eigenvalue weighted by atomic mass is 35.5. The second kappa shape index (κ2) is 6.02. The maximum absolute atomic E-state index is 6.00. The van der Waals surface area contributed by atoms with Crippen LogP contribution in [0.3, 0.4) is 0 Å². The van der Waals surface area contributed by atoms with Crippen LogP contribution in [-0.2, 0) is 0 Å². The first-order chi connectivity index (χ1) is 11.7. The molecule has 0 aliphatic carbocycles. The summed E-state index contributed by atoms with van der Waals surface area (Å²) in [5.74, 6) is 0. The van der Waals surface area contributed by atoms with Gasteiger partial charge in [0.1, 0.15) is 5.69 Å². The Labute approximate surface area is 143 Å². The molecule has 0 amide bonds. The van der Waals surface area contributed by atoms with Crippen molar-refractivity contribution in [3.05, 3.63) is 71.9 Å². The van der Waals surface area contributed by atoms with E-state index >= 15 is 0 Å². The summed E-state index contributed by atoms with van der Waals surface area (Å²) in [6, 6.07) is 10.1. The SMILES string of the molecule is C[C@H](c1cccc2cnccc12)n1cc(-c2cncc(Cl)c2)nn1. The number of halogens is 1. The van der Waals surface area contributed by atoms with Crippen LogP contribution in [0, 0.1) is 0 Å². The Hall–Kier alpha value is -2.79. The zero-order valence-electron chi connectivity index (χ0n) is 13.0. The standard InChI is InChI=1S/C18H14ClN5/c1-12(16-4-2-3-13-8-20-6-5-17(13)16)24-11-18(22-23-24)14-7-15(19)10-21-9-14/h2-12H,1H3/t12-/m1/s1. The summed E-state index contributed by atoms with van der Waals surface area (Å²) in [5.41, 5.74) is 2.78. The highest BCUT2D eigenvalue weighted by Crippen LogP contribution is 2.27. The van der Waals surface area contributed by atoms with E-state index in [4.69, 9.17) is 11.6 Å². The van der Waals surface area contributed by atoms with Crippen molar-refractivity contribution in [2.24, 2.45) is 0 Å². The molecule has 0 spiro atoms. The Balaban J connectivity index is 1.74. The Morgan fingerprint density at radius 3 is 2.88 bits per heavy atom. The summed E-state index contributed by atoms with van der Waals surface area (Å²) in [4.78, 5) is 8.28. The van der Waals surface area contributed by atoms with Crippen LogP contribution in [0.15, 0.2) is 61.3 Å². The number of pyridine rings is 2. The van der Waals surface area contributed by atoms with Gasteiger partial charge < -0.3 is 0 Å². The predicted octanol–water partition coefficient (Wildman–Crippen LogP) is 4.15. The summed E-state index contributed by atoms with van der Waals surface area (Å²) in [7, 11) is 0. The number of aromatic nitrogens is 5. The van der Waals surface area contributed by atoms with E-state index in [1.165, 1.54) is 10.9 Å². The molecular weight excluding hydrogens is 322 g/mol. The Morgan fingerprint density at radius 1 is 1.08 bits per heavy atom. The van der Waals surface area contributed by atoms with Crippen molar-refractivity contribution in [3.8, 4) is 11.3 Å². The summed E-state index contributed by atoms with van der Waals surface area (Å²) in [6.45, 7) is 2.10. The smallest absolute Gasteiger partial charge is 0.114 e. The fourth-order valence-electron chi connectivity index (χ4n) is 2.80. The Morgan fingerprint density at radius 2 is 2.00 bits per heavy atom. The molecule has 3 heterocycles. The fraction of sp³-hybridized carbons (Fsp3) is 0.111. The van der Waals surface area contributed by atoms with Gasteiger partial charge in [0, 0.05) is 35.7 Å². The van der Waals surface area contributed by atoms with Crippen molar-refractivity contribution in [2.45, 2.75) is 13.0 Å². The average molecular weight is 336 g/mol. The molecule has 3 aromatic heterocycles. The second-order valence-corrected chi connectivity index (χ2v) is 6.03. The third-order valence-corrected chi connectivity index (χ3v) is 4.28. The third kappa shape index (κ3) is 2.63. The first-order valence-electron chi connectivity index (χ1n) is 7.58. The Bertz CT molecular complexity index is 1010. The monoisotopic (exact) mass is 335 g/mol. The van der Waals surface area contributed by atoms with Gasteiger partial charge in [0.15, 0.2) is 0 Å². The van der Waals surface area contributed by atoms with Crippen LogP contribution in [0.4, 0.5) is 0 Å². The molecule has 1 atom stereocenters. The van der Waals surface area contributed by atoms with Gasteiger partial charge in [0.05, 0.1) is 17.3 Å². The minimum absolute atomic E-state index is 0.0458. The molecule has 0 saturated carbocycles. The third-order valence-electron chi connectivity index (χ3n) is 4.07. The number of nitrogens with zero attached hydrogens (tertiary/aromatic N) is 5. The van der Waals surface area contributed by atoms with Gasteiger partial charge in [-0.1, -0.05) is 35.0 Å². The highest BCUT2D eigenvalue weighted by molar-refractivity contribution is 6.30. The lowest BCUT2D eigenvalue weighted by Gasteiger charge is -2.14. The van der Waals surface area contributed by atoms with Gasteiger partial charge in [-0.15, -0.1) is 5.10 Å².